The highest BCUT2D eigenvalue weighted by Crippen LogP contribution is 2.16. The van der Waals surface area contributed by atoms with Crippen molar-refractivity contribution in [3.63, 3.8) is 0 Å². The first kappa shape index (κ1) is 19.0. The fraction of sp³-hybridized carbons (Fsp3) is 0.556. The van der Waals surface area contributed by atoms with Gasteiger partial charge < -0.3 is 15.0 Å². The monoisotopic (exact) mass is 320 g/mol. The van der Waals surface area contributed by atoms with Gasteiger partial charge in [0.25, 0.3) is 0 Å². The number of rotatable bonds is 10. The van der Waals surface area contributed by atoms with Crippen LogP contribution in [0.5, 0.6) is 5.75 Å². The SMILES string of the molecule is CCCCCN(CCC(=O)NCc1ccccc1OC)C(C)=O. The van der Waals surface area contributed by atoms with Gasteiger partial charge in [-0.2, -0.15) is 0 Å². The van der Waals surface area contributed by atoms with Crippen LogP contribution in [0, 0.1) is 0 Å². The molecule has 0 atom stereocenters. The fourth-order valence-corrected chi connectivity index (χ4v) is 2.35. The van der Waals surface area contributed by atoms with Crippen molar-refractivity contribution in [2.24, 2.45) is 0 Å². The van der Waals surface area contributed by atoms with Crippen molar-refractivity contribution in [2.45, 2.75) is 46.1 Å². The predicted octanol–water partition coefficient (Wildman–Crippen LogP) is 2.74. The van der Waals surface area contributed by atoms with Gasteiger partial charge in [0.2, 0.25) is 11.8 Å². The molecule has 1 rings (SSSR count). The van der Waals surface area contributed by atoms with E-state index in [9.17, 15) is 9.59 Å². The highest BCUT2D eigenvalue weighted by atomic mass is 16.5. The van der Waals surface area contributed by atoms with Gasteiger partial charge in [0, 0.05) is 38.5 Å². The molecule has 2 amide bonds. The van der Waals surface area contributed by atoms with Crippen LogP contribution in [-0.4, -0.2) is 36.9 Å². The third kappa shape index (κ3) is 7.17. The summed E-state index contributed by atoms with van der Waals surface area (Å²) in [5.74, 6) is 0.731. The summed E-state index contributed by atoms with van der Waals surface area (Å²) in [6, 6.07) is 7.60. The number of unbranched alkanes of at least 4 members (excludes halogenated alkanes) is 2. The van der Waals surface area contributed by atoms with Crippen LogP contribution in [0.1, 0.15) is 45.1 Å². The molecule has 23 heavy (non-hydrogen) atoms. The normalized spacial score (nSPS) is 10.2. The summed E-state index contributed by atoms with van der Waals surface area (Å²) in [5.41, 5.74) is 0.940. The minimum Gasteiger partial charge on any atom is -0.496 e. The second-order valence-corrected chi connectivity index (χ2v) is 5.55. The zero-order valence-corrected chi connectivity index (χ0v) is 14.4. The molecule has 0 aromatic heterocycles. The molecule has 0 aliphatic rings. The van der Waals surface area contributed by atoms with Gasteiger partial charge in [0.1, 0.15) is 5.75 Å². The average molecular weight is 320 g/mol. The van der Waals surface area contributed by atoms with E-state index < -0.39 is 0 Å². The number of benzene rings is 1. The summed E-state index contributed by atoms with van der Waals surface area (Å²) >= 11 is 0. The second-order valence-electron chi connectivity index (χ2n) is 5.55. The number of carbonyl (C=O) groups is 2. The number of nitrogens with zero attached hydrogens (tertiary/aromatic N) is 1. The number of hydrogen-bond donors (Lipinski definition) is 1. The first-order valence-corrected chi connectivity index (χ1v) is 8.22. The van der Waals surface area contributed by atoms with E-state index in [4.69, 9.17) is 4.74 Å². The molecule has 0 heterocycles. The molecule has 128 valence electrons. The molecule has 5 heteroatoms. The molecule has 0 saturated heterocycles. The Morgan fingerprint density at radius 3 is 2.57 bits per heavy atom. The van der Waals surface area contributed by atoms with Crippen molar-refractivity contribution in [1.82, 2.24) is 10.2 Å². The van der Waals surface area contributed by atoms with Gasteiger partial charge in [-0.15, -0.1) is 0 Å². The smallest absolute Gasteiger partial charge is 0.222 e. The molecular weight excluding hydrogens is 292 g/mol. The Morgan fingerprint density at radius 1 is 1.17 bits per heavy atom. The van der Waals surface area contributed by atoms with Crippen molar-refractivity contribution in [2.75, 3.05) is 20.2 Å². The maximum Gasteiger partial charge on any atom is 0.222 e. The van der Waals surface area contributed by atoms with Gasteiger partial charge in [-0.25, -0.2) is 0 Å². The van der Waals surface area contributed by atoms with Crippen molar-refractivity contribution in [3.8, 4) is 5.75 Å². The first-order valence-electron chi connectivity index (χ1n) is 8.22. The number of hydrogen-bond acceptors (Lipinski definition) is 3. The van der Waals surface area contributed by atoms with E-state index in [0.717, 1.165) is 37.1 Å². The fourth-order valence-electron chi connectivity index (χ4n) is 2.35. The molecule has 0 radical (unpaired) electrons. The lowest BCUT2D eigenvalue weighted by molar-refractivity contribution is -0.129. The summed E-state index contributed by atoms with van der Waals surface area (Å²) in [4.78, 5) is 25.3. The zero-order valence-electron chi connectivity index (χ0n) is 14.4. The standard InChI is InChI=1S/C18H28N2O3/c1-4-5-8-12-20(15(2)21)13-11-18(22)19-14-16-9-6-7-10-17(16)23-3/h6-7,9-10H,4-5,8,11-14H2,1-3H3,(H,19,22). The molecule has 0 fully saturated rings. The van der Waals surface area contributed by atoms with Crippen LogP contribution in [0.3, 0.4) is 0 Å². The molecule has 0 aliphatic heterocycles. The van der Waals surface area contributed by atoms with Gasteiger partial charge in [-0.1, -0.05) is 38.0 Å². The molecule has 0 unspecified atom stereocenters. The highest BCUT2D eigenvalue weighted by molar-refractivity contribution is 5.78. The van der Waals surface area contributed by atoms with Crippen LogP contribution < -0.4 is 10.1 Å². The number of para-hydroxylation sites is 1. The summed E-state index contributed by atoms with van der Waals surface area (Å²) in [6.07, 6.45) is 3.52. The quantitative estimate of drug-likeness (QED) is 0.674. The number of carbonyl (C=O) groups excluding carboxylic acids is 2. The Balaban J connectivity index is 2.38. The van der Waals surface area contributed by atoms with Crippen LogP contribution in [-0.2, 0) is 16.1 Å². The number of ether oxygens (including phenoxy) is 1. The third-order valence-electron chi connectivity index (χ3n) is 3.75. The average Bonchev–Trinajstić information content (AvgIpc) is 2.55. The minimum absolute atomic E-state index is 0.0265. The van der Waals surface area contributed by atoms with Crippen molar-refractivity contribution in [3.05, 3.63) is 29.8 Å². The van der Waals surface area contributed by atoms with E-state index in [1.807, 2.05) is 24.3 Å². The second kappa shape index (κ2) is 10.6. The maximum atomic E-state index is 12.0. The van der Waals surface area contributed by atoms with Crippen LogP contribution >= 0.6 is 0 Å². The molecule has 0 bridgehead atoms. The predicted molar refractivity (Wildman–Crippen MR) is 91.2 cm³/mol. The van der Waals surface area contributed by atoms with Gasteiger partial charge in [-0.05, 0) is 12.5 Å². The lowest BCUT2D eigenvalue weighted by atomic mass is 10.2. The topological polar surface area (TPSA) is 58.6 Å². The highest BCUT2D eigenvalue weighted by Gasteiger charge is 2.11. The Bertz CT molecular complexity index is 503. The van der Waals surface area contributed by atoms with E-state index in [0.29, 0.717) is 19.5 Å². The number of amides is 2. The Morgan fingerprint density at radius 2 is 1.91 bits per heavy atom. The Labute approximate surface area is 139 Å². The van der Waals surface area contributed by atoms with Gasteiger partial charge in [0.05, 0.1) is 7.11 Å². The zero-order chi connectivity index (χ0) is 17.1. The first-order chi connectivity index (χ1) is 11.1. The van der Waals surface area contributed by atoms with Gasteiger partial charge >= 0.3 is 0 Å². The van der Waals surface area contributed by atoms with Crippen LogP contribution in [0.2, 0.25) is 0 Å². The number of nitrogens with one attached hydrogen (secondary N) is 1. The molecule has 0 aliphatic carbocycles. The molecular formula is C18H28N2O3. The Hall–Kier alpha value is -2.04. The maximum absolute atomic E-state index is 12.0. The van der Waals surface area contributed by atoms with Gasteiger partial charge in [-0.3, -0.25) is 9.59 Å². The van der Waals surface area contributed by atoms with E-state index in [1.54, 1.807) is 18.9 Å². The van der Waals surface area contributed by atoms with Crippen molar-refractivity contribution in [1.29, 1.82) is 0 Å². The molecule has 0 saturated carbocycles. The van der Waals surface area contributed by atoms with Crippen molar-refractivity contribution >= 4 is 11.8 Å². The summed E-state index contributed by atoms with van der Waals surface area (Å²) in [5, 5.41) is 2.88. The van der Waals surface area contributed by atoms with E-state index >= 15 is 0 Å². The summed E-state index contributed by atoms with van der Waals surface area (Å²) in [6.45, 7) is 5.31. The van der Waals surface area contributed by atoms with E-state index in [1.165, 1.54) is 0 Å². The number of methoxy groups -OCH3 is 1. The van der Waals surface area contributed by atoms with Crippen molar-refractivity contribution < 1.29 is 14.3 Å². The largest absolute Gasteiger partial charge is 0.496 e. The van der Waals surface area contributed by atoms with Crippen LogP contribution in [0.4, 0.5) is 0 Å². The summed E-state index contributed by atoms with van der Waals surface area (Å²) in [7, 11) is 1.61. The molecule has 1 N–H and O–H groups in total. The molecule has 5 nitrogen and oxygen atoms in total. The van der Waals surface area contributed by atoms with E-state index in [2.05, 4.69) is 12.2 Å². The lowest BCUT2D eigenvalue weighted by Crippen LogP contribution is -2.34. The Kier molecular flexibility index (Phi) is 8.80. The minimum atomic E-state index is -0.0577. The molecule has 0 spiro atoms. The summed E-state index contributed by atoms with van der Waals surface area (Å²) < 4.78 is 5.26. The van der Waals surface area contributed by atoms with Gasteiger partial charge in [0.15, 0.2) is 0 Å². The molecule has 1 aromatic carbocycles. The van der Waals surface area contributed by atoms with E-state index in [-0.39, 0.29) is 11.8 Å². The third-order valence-corrected chi connectivity index (χ3v) is 3.75. The van der Waals surface area contributed by atoms with Crippen LogP contribution in [0.25, 0.3) is 0 Å². The molecule has 1 aromatic rings. The lowest BCUT2D eigenvalue weighted by Gasteiger charge is -2.20. The van der Waals surface area contributed by atoms with Crippen LogP contribution in [0.15, 0.2) is 24.3 Å².